The molecule has 2 amide bonds. The standard InChI is InChI=1S/C35H41N9O10/c1-41(14-15-42(2)35(51)52-18-23-25(8-5-12-37-23)53-33-29(47)27(45)28(46)30(54-33)32(48)49)34(50)43-13-10-22-26(38-19-39-31(22)43)21-16-40-44(17-21)24(9-11-36)20-6-3-4-7-20/h5,8,10,12-13,16-17,19-20,24,27-30,33,45-47H,3-4,6-7,9,14-15,18H2,1-2H3,(H,48,49)/t24-,27+,28+,29-,30+,33-/m1/s1. The molecule has 0 bridgehead atoms. The maximum atomic E-state index is 13.5. The molecule has 54 heavy (non-hydrogen) atoms. The van der Waals surface area contributed by atoms with Gasteiger partial charge in [0.25, 0.3) is 0 Å². The van der Waals surface area contributed by atoms with Crippen LogP contribution >= 0.6 is 0 Å². The van der Waals surface area contributed by atoms with E-state index in [1.807, 2.05) is 10.9 Å². The minimum absolute atomic E-state index is 0.0144. The zero-order chi connectivity index (χ0) is 38.5. The van der Waals surface area contributed by atoms with Crippen molar-refractivity contribution in [2.75, 3.05) is 27.2 Å². The average molecular weight is 748 g/mol. The van der Waals surface area contributed by atoms with Crippen molar-refractivity contribution in [3.63, 3.8) is 0 Å². The SMILES string of the molecule is CN(CCN(C)C(=O)n1ccc2c(-c3cnn([C@H](CC#N)C4CCCC4)c3)ncnc21)C(=O)OCc1ncccc1O[C@@H]1O[C@H](C(=O)O)[C@@H](O)[C@H](O)[C@H]1O. The van der Waals surface area contributed by atoms with E-state index in [-0.39, 0.29) is 37.2 Å². The molecule has 1 saturated carbocycles. The van der Waals surface area contributed by atoms with Crippen LogP contribution in [0.3, 0.4) is 0 Å². The second-order valence-electron chi connectivity index (χ2n) is 13.3. The summed E-state index contributed by atoms with van der Waals surface area (Å²) in [5.41, 5.74) is 1.84. The van der Waals surface area contributed by atoms with Gasteiger partial charge in [0.15, 0.2) is 11.8 Å². The molecule has 5 heterocycles. The van der Waals surface area contributed by atoms with E-state index in [1.165, 1.54) is 46.1 Å². The van der Waals surface area contributed by atoms with Crippen LogP contribution in [-0.2, 0) is 20.9 Å². The Balaban J connectivity index is 1.05. The van der Waals surface area contributed by atoms with E-state index in [9.17, 15) is 40.1 Å². The first kappa shape index (κ1) is 38.1. The number of amides is 2. The van der Waals surface area contributed by atoms with Crippen molar-refractivity contribution >= 4 is 29.1 Å². The van der Waals surface area contributed by atoms with Crippen LogP contribution in [0.1, 0.15) is 43.8 Å². The number of aliphatic hydroxyl groups is 3. The highest BCUT2D eigenvalue weighted by molar-refractivity contribution is 5.96. The Bertz CT molecular complexity index is 2010. The molecule has 0 aromatic carbocycles. The van der Waals surface area contributed by atoms with Crippen LogP contribution in [0, 0.1) is 17.2 Å². The number of hydrogen-bond acceptors (Lipinski definition) is 14. The number of likely N-dealkylation sites (N-methyl/N-ethyl adjacent to an activating group) is 2. The molecule has 2 aliphatic rings. The largest absolute Gasteiger partial charge is 0.479 e. The van der Waals surface area contributed by atoms with Crippen molar-refractivity contribution in [2.24, 2.45) is 5.92 Å². The van der Waals surface area contributed by atoms with Crippen molar-refractivity contribution in [3.8, 4) is 23.1 Å². The van der Waals surface area contributed by atoms with Crippen LogP contribution in [0.5, 0.6) is 5.75 Å². The summed E-state index contributed by atoms with van der Waals surface area (Å²) >= 11 is 0. The van der Waals surface area contributed by atoms with Gasteiger partial charge >= 0.3 is 18.1 Å². The highest BCUT2D eigenvalue weighted by Crippen LogP contribution is 2.37. The molecule has 1 aliphatic carbocycles. The molecular weight excluding hydrogens is 706 g/mol. The number of nitriles is 1. The summed E-state index contributed by atoms with van der Waals surface area (Å²) in [6, 6.07) is 6.54. The van der Waals surface area contributed by atoms with E-state index < -0.39 is 48.8 Å². The number of carboxylic acid groups (broad SMARTS) is 1. The van der Waals surface area contributed by atoms with Gasteiger partial charge in [0.05, 0.1) is 30.4 Å². The quantitative estimate of drug-likeness (QED) is 0.161. The summed E-state index contributed by atoms with van der Waals surface area (Å²) in [5.74, 6) is -1.19. The lowest BCUT2D eigenvalue weighted by molar-refractivity contribution is -0.271. The highest BCUT2D eigenvalue weighted by atomic mass is 16.7. The number of carbonyl (C=O) groups is 3. The van der Waals surface area contributed by atoms with E-state index in [0.717, 1.165) is 31.2 Å². The Morgan fingerprint density at radius 1 is 1.06 bits per heavy atom. The summed E-state index contributed by atoms with van der Waals surface area (Å²) in [6.45, 7) is -0.167. The van der Waals surface area contributed by atoms with Crippen molar-refractivity contribution in [1.29, 1.82) is 5.26 Å². The molecule has 6 atom stereocenters. The van der Waals surface area contributed by atoms with Gasteiger partial charge in [0, 0.05) is 56.7 Å². The van der Waals surface area contributed by atoms with Gasteiger partial charge < -0.3 is 44.4 Å². The topological polar surface area (TPSA) is 252 Å². The van der Waals surface area contributed by atoms with E-state index in [4.69, 9.17) is 14.2 Å². The lowest BCUT2D eigenvalue weighted by Gasteiger charge is -2.38. The fraction of sp³-hybridized carbons (Fsp3) is 0.486. The maximum Gasteiger partial charge on any atom is 0.409 e. The Kier molecular flexibility index (Phi) is 11.7. The first-order valence-electron chi connectivity index (χ1n) is 17.4. The molecule has 4 aromatic rings. The molecule has 6 rings (SSSR count). The number of carbonyl (C=O) groups excluding carboxylic acids is 2. The molecule has 0 unspecified atom stereocenters. The number of ether oxygens (including phenoxy) is 3. The number of aliphatic carboxylic acids is 1. The lowest BCUT2D eigenvalue weighted by Crippen LogP contribution is -2.61. The van der Waals surface area contributed by atoms with E-state index in [0.29, 0.717) is 29.1 Å². The summed E-state index contributed by atoms with van der Waals surface area (Å²) in [5, 5.41) is 54.4. The van der Waals surface area contributed by atoms with Gasteiger partial charge in [0.2, 0.25) is 6.29 Å². The molecule has 4 aromatic heterocycles. The second kappa shape index (κ2) is 16.6. The maximum absolute atomic E-state index is 13.5. The fourth-order valence-electron chi connectivity index (χ4n) is 6.71. The zero-order valence-electron chi connectivity index (χ0n) is 29.6. The summed E-state index contributed by atoms with van der Waals surface area (Å²) in [4.78, 5) is 53.5. The van der Waals surface area contributed by atoms with Gasteiger partial charge in [-0.15, -0.1) is 0 Å². The molecule has 2 fully saturated rings. The number of pyridine rings is 1. The predicted molar refractivity (Wildman–Crippen MR) is 185 cm³/mol. The number of carboxylic acids is 1. The highest BCUT2D eigenvalue weighted by Gasteiger charge is 2.48. The minimum Gasteiger partial charge on any atom is -0.479 e. The number of hydrogen-bond donors (Lipinski definition) is 4. The van der Waals surface area contributed by atoms with Crippen LogP contribution in [-0.4, -0.2) is 136 Å². The third kappa shape index (κ3) is 7.96. The zero-order valence-corrected chi connectivity index (χ0v) is 29.6. The Hall–Kier alpha value is -5.68. The van der Waals surface area contributed by atoms with Crippen LogP contribution in [0.2, 0.25) is 0 Å². The van der Waals surface area contributed by atoms with Gasteiger partial charge in [-0.2, -0.15) is 10.4 Å². The number of fused-ring (bicyclic) bond motifs is 1. The van der Waals surface area contributed by atoms with Gasteiger partial charge in [-0.25, -0.2) is 24.4 Å². The van der Waals surface area contributed by atoms with Gasteiger partial charge in [-0.1, -0.05) is 12.8 Å². The molecule has 19 nitrogen and oxygen atoms in total. The minimum atomic E-state index is -1.89. The Morgan fingerprint density at radius 2 is 1.81 bits per heavy atom. The van der Waals surface area contributed by atoms with Crippen LogP contribution in [0.15, 0.2) is 49.3 Å². The van der Waals surface area contributed by atoms with E-state index >= 15 is 0 Å². The predicted octanol–water partition coefficient (Wildman–Crippen LogP) is 1.77. The molecule has 1 aliphatic heterocycles. The molecule has 0 spiro atoms. The van der Waals surface area contributed by atoms with Crippen molar-refractivity contribution in [2.45, 2.75) is 75.5 Å². The van der Waals surface area contributed by atoms with Gasteiger partial charge in [0.1, 0.15) is 42.7 Å². The number of nitrogens with zero attached hydrogens (tertiary/aromatic N) is 9. The van der Waals surface area contributed by atoms with Gasteiger partial charge in [-0.05, 0) is 37.0 Å². The summed E-state index contributed by atoms with van der Waals surface area (Å²) < 4.78 is 19.4. The Morgan fingerprint density at radius 3 is 2.56 bits per heavy atom. The monoisotopic (exact) mass is 747 g/mol. The van der Waals surface area contributed by atoms with Crippen LogP contribution < -0.4 is 4.74 Å². The first-order chi connectivity index (χ1) is 26.0. The first-order valence-corrected chi connectivity index (χ1v) is 17.4. The molecule has 4 N–H and O–H groups in total. The third-order valence-electron chi connectivity index (χ3n) is 9.79. The molecular formula is C35H41N9O10. The van der Waals surface area contributed by atoms with Crippen molar-refractivity contribution in [1.82, 2.24) is 39.1 Å². The van der Waals surface area contributed by atoms with Crippen LogP contribution in [0.25, 0.3) is 22.3 Å². The number of rotatable bonds is 12. The molecule has 19 heteroatoms. The van der Waals surface area contributed by atoms with Crippen molar-refractivity contribution in [3.05, 3.63) is 55.0 Å². The molecule has 1 saturated heterocycles. The lowest BCUT2D eigenvalue weighted by atomic mass is 9.96. The Labute approximate surface area is 308 Å². The second-order valence-corrected chi connectivity index (χ2v) is 13.3. The molecule has 286 valence electrons. The van der Waals surface area contributed by atoms with E-state index in [2.05, 4.69) is 26.1 Å². The van der Waals surface area contributed by atoms with E-state index in [1.54, 1.807) is 25.5 Å². The van der Waals surface area contributed by atoms with Crippen LogP contribution in [0.4, 0.5) is 9.59 Å². The van der Waals surface area contributed by atoms with Gasteiger partial charge in [-0.3, -0.25) is 14.2 Å². The summed E-state index contributed by atoms with van der Waals surface area (Å²) in [6.07, 6.45) is 2.96. The smallest absolute Gasteiger partial charge is 0.409 e. The fourth-order valence-corrected chi connectivity index (χ4v) is 6.71. The average Bonchev–Trinajstić information content (AvgIpc) is 3.97. The van der Waals surface area contributed by atoms with Crippen molar-refractivity contribution < 1.29 is 49.0 Å². The third-order valence-corrected chi connectivity index (χ3v) is 9.79. The molecule has 0 radical (unpaired) electrons. The number of aliphatic hydroxyl groups excluding tert-OH is 3. The number of aromatic nitrogens is 6. The normalized spacial score (nSPS) is 22.0. The summed E-state index contributed by atoms with van der Waals surface area (Å²) in [7, 11) is 3.07.